The number of hydrogen-bond acceptors (Lipinski definition) is 4. The zero-order chi connectivity index (χ0) is 22.4. The maximum Gasteiger partial charge on any atom is 0.255 e. The van der Waals surface area contributed by atoms with E-state index >= 15 is 0 Å². The van der Waals surface area contributed by atoms with E-state index in [0.717, 1.165) is 23.4 Å². The molecule has 2 aromatic carbocycles. The summed E-state index contributed by atoms with van der Waals surface area (Å²) in [6.45, 7) is 1.37. The molecule has 1 aliphatic heterocycles. The number of benzene rings is 2. The molecular weight excluding hydrogens is 421 g/mol. The lowest BCUT2D eigenvalue weighted by Gasteiger charge is -2.22. The maximum atomic E-state index is 14.1. The van der Waals surface area contributed by atoms with Gasteiger partial charge >= 0.3 is 0 Å². The molecule has 0 aliphatic carbocycles. The zero-order valence-electron chi connectivity index (χ0n) is 17.4. The third-order valence-corrected chi connectivity index (χ3v) is 6.29. The summed E-state index contributed by atoms with van der Waals surface area (Å²) in [5, 5.41) is 2.75. The number of sulfonamides is 1. The second-order valence-corrected chi connectivity index (χ2v) is 9.39. The lowest BCUT2D eigenvalue weighted by atomic mass is 10.1. The van der Waals surface area contributed by atoms with Crippen LogP contribution in [0.2, 0.25) is 0 Å². The van der Waals surface area contributed by atoms with Gasteiger partial charge in [-0.2, -0.15) is 0 Å². The highest BCUT2D eigenvalue weighted by molar-refractivity contribution is 7.92. The third kappa shape index (κ3) is 5.81. The molecule has 166 valence electrons. The van der Waals surface area contributed by atoms with Gasteiger partial charge in [-0.05, 0) is 43.5 Å². The van der Waals surface area contributed by atoms with Crippen molar-refractivity contribution in [3.63, 3.8) is 0 Å². The summed E-state index contributed by atoms with van der Waals surface area (Å²) in [7, 11) is -3.71. The minimum atomic E-state index is -3.71. The summed E-state index contributed by atoms with van der Waals surface area (Å²) in [4.78, 5) is 26.9. The Morgan fingerprint density at radius 3 is 2.39 bits per heavy atom. The predicted octanol–water partition coefficient (Wildman–Crippen LogP) is 3.25. The lowest BCUT2D eigenvalue weighted by Crippen LogP contribution is -2.32. The molecular formula is C22H26FN3O4S. The summed E-state index contributed by atoms with van der Waals surface area (Å²) in [5.41, 5.74) is 0.812. The van der Waals surface area contributed by atoms with Crippen LogP contribution in [0.5, 0.6) is 0 Å². The Hall–Kier alpha value is -2.94. The average Bonchev–Trinajstić information content (AvgIpc) is 3.26. The van der Waals surface area contributed by atoms with Crippen LogP contribution in [-0.4, -0.2) is 51.0 Å². The first-order valence-electron chi connectivity index (χ1n) is 10.2. The highest BCUT2D eigenvalue weighted by atomic mass is 32.2. The summed E-state index contributed by atoms with van der Waals surface area (Å²) < 4.78 is 39.3. The van der Waals surface area contributed by atoms with Crippen LogP contribution in [0, 0.1) is 5.82 Å². The van der Waals surface area contributed by atoms with Crippen molar-refractivity contribution in [3.05, 3.63) is 59.9 Å². The van der Waals surface area contributed by atoms with Gasteiger partial charge in [0, 0.05) is 26.1 Å². The van der Waals surface area contributed by atoms with Gasteiger partial charge < -0.3 is 10.2 Å². The van der Waals surface area contributed by atoms with Crippen LogP contribution in [0.4, 0.5) is 15.8 Å². The minimum absolute atomic E-state index is 0.0205. The van der Waals surface area contributed by atoms with Crippen LogP contribution in [0.15, 0.2) is 48.5 Å². The number of para-hydroxylation sites is 2. The van der Waals surface area contributed by atoms with Gasteiger partial charge in [-0.1, -0.05) is 24.3 Å². The molecule has 0 unspecified atom stereocenters. The number of carbonyl (C=O) groups is 2. The van der Waals surface area contributed by atoms with E-state index in [9.17, 15) is 22.4 Å². The lowest BCUT2D eigenvalue weighted by molar-refractivity contribution is -0.116. The Morgan fingerprint density at radius 2 is 1.71 bits per heavy atom. The van der Waals surface area contributed by atoms with E-state index in [2.05, 4.69) is 5.32 Å². The van der Waals surface area contributed by atoms with E-state index in [1.165, 1.54) is 18.2 Å². The number of halogens is 1. The zero-order valence-corrected chi connectivity index (χ0v) is 18.2. The first-order valence-corrected chi connectivity index (χ1v) is 12.0. The fourth-order valence-electron chi connectivity index (χ4n) is 3.58. The van der Waals surface area contributed by atoms with Gasteiger partial charge in [-0.3, -0.25) is 13.9 Å². The Morgan fingerprint density at radius 1 is 1.06 bits per heavy atom. The summed E-state index contributed by atoms with van der Waals surface area (Å²) in [6.07, 6.45) is 3.15. The number of hydrogen-bond donors (Lipinski definition) is 1. The molecule has 1 heterocycles. The second-order valence-electron chi connectivity index (χ2n) is 7.48. The molecule has 9 heteroatoms. The molecule has 0 aromatic heterocycles. The first-order chi connectivity index (χ1) is 14.8. The van der Waals surface area contributed by atoms with Gasteiger partial charge in [0.2, 0.25) is 15.9 Å². The van der Waals surface area contributed by atoms with Gasteiger partial charge in [-0.25, -0.2) is 12.8 Å². The van der Waals surface area contributed by atoms with Gasteiger partial charge in [0.25, 0.3) is 5.91 Å². The molecule has 1 aliphatic rings. The molecule has 2 amide bonds. The molecule has 0 bridgehead atoms. The van der Waals surface area contributed by atoms with Crippen molar-refractivity contribution in [3.8, 4) is 0 Å². The molecule has 1 N–H and O–H groups in total. The van der Waals surface area contributed by atoms with Gasteiger partial charge in [-0.15, -0.1) is 0 Å². The van der Waals surface area contributed by atoms with E-state index < -0.39 is 15.8 Å². The SMILES string of the molecule is CS(=O)(=O)N(CCCC(=O)Nc1ccccc1C(=O)N1CCCC1)c1ccccc1F. The summed E-state index contributed by atoms with van der Waals surface area (Å²) >= 11 is 0. The number of nitrogens with one attached hydrogen (secondary N) is 1. The van der Waals surface area contributed by atoms with Crippen molar-refractivity contribution in [2.24, 2.45) is 0 Å². The van der Waals surface area contributed by atoms with E-state index in [4.69, 9.17) is 0 Å². The van der Waals surface area contributed by atoms with Crippen LogP contribution >= 0.6 is 0 Å². The van der Waals surface area contributed by atoms with Crippen molar-refractivity contribution in [1.82, 2.24) is 4.90 Å². The fourth-order valence-corrected chi connectivity index (χ4v) is 4.55. The van der Waals surface area contributed by atoms with E-state index in [0.29, 0.717) is 24.3 Å². The second kappa shape index (κ2) is 9.91. The van der Waals surface area contributed by atoms with Crippen LogP contribution in [0.1, 0.15) is 36.0 Å². The number of likely N-dealkylation sites (tertiary alicyclic amines) is 1. The molecule has 0 saturated carbocycles. The highest BCUT2D eigenvalue weighted by Gasteiger charge is 2.23. The standard InChI is InChI=1S/C22H26FN3O4S/c1-31(29,30)26(20-12-5-3-10-18(20)23)16-8-13-21(27)24-19-11-4-2-9-17(19)22(28)25-14-6-7-15-25/h2-5,9-12H,6-8,13-16H2,1H3,(H,24,27). The molecule has 0 spiro atoms. The molecule has 7 nitrogen and oxygen atoms in total. The largest absolute Gasteiger partial charge is 0.339 e. The minimum Gasteiger partial charge on any atom is -0.339 e. The van der Waals surface area contributed by atoms with Gasteiger partial charge in [0.05, 0.1) is 23.2 Å². The number of anilines is 2. The topological polar surface area (TPSA) is 86.8 Å². The van der Waals surface area contributed by atoms with Gasteiger partial charge in [0.1, 0.15) is 5.82 Å². The Kier molecular flexibility index (Phi) is 7.27. The molecule has 31 heavy (non-hydrogen) atoms. The molecule has 1 saturated heterocycles. The monoisotopic (exact) mass is 447 g/mol. The quantitative estimate of drug-likeness (QED) is 0.673. The summed E-state index contributed by atoms with van der Waals surface area (Å²) in [5.74, 6) is -1.11. The van der Waals surface area contributed by atoms with E-state index in [1.807, 2.05) is 0 Å². The highest BCUT2D eigenvalue weighted by Crippen LogP contribution is 2.23. The van der Waals surface area contributed by atoms with Crippen molar-refractivity contribution < 1.29 is 22.4 Å². The van der Waals surface area contributed by atoms with Crippen molar-refractivity contribution in [2.75, 3.05) is 35.5 Å². The van der Waals surface area contributed by atoms with Crippen LogP contribution in [0.3, 0.4) is 0 Å². The Bertz CT molecular complexity index is 1050. The first kappa shape index (κ1) is 22.7. The Balaban J connectivity index is 1.63. The fraction of sp³-hybridized carbons (Fsp3) is 0.364. The maximum absolute atomic E-state index is 14.1. The third-order valence-electron chi connectivity index (χ3n) is 5.11. The molecule has 2 aromatic rings. The molecule has 0 radical (unpaired) electrons. The number of nitrogens with zero attached hydrogens (tertiary/aromatic N) is 2. The molecule has 1 fully saturated rings. The van der Waals surface area contributed by atoms with Crippen LogP contribution in [0.25, 0.3) is 0 Å². The smallest absolute Gasteiger partial charge is 0.255 e. The number of carbonyl (C=O) groups excluding carboxylic acids is 2. The normalized spacial score (nSPS) is 13.8. The van der Waals surface area contributed by atoms with Crippen molar-refractivity contribution >= 4 is 33.2 Å². The predicted molar refractivity (Wildman–Crippen MR) is 118 cm³/mol. The van der Waals surface area contributed by atoms with Crippen LogP contribution in [-0.2, 0) is 14.8 Å². The Labute approximate surface area is 181 Å². The van der Waals surface area contributed by atoms with E-state index in [-0.39, 0.29) is 36.9 Å². The van der Waals surface area contributed by atoms with Gasteiger partial charge in [0.15, 0.2) is 0 Å². The molecule has 3 rings (SSSR count). The summed E-state index contributed by atoms with van der Waals surface area (Å²) in [6, 6.07) is 12.4. The van der Waals surface area contributed by atoms with Crippen molar-refractivity contribution in [2.45, 2.75) is 25.7 Å². The van der Waals surface area contributed by atoms with Crippen LogP contribution < -0.4 is 9.62 Å². The number of amides is 2. The molecule has 0 atom stereocenters. The van der Waals surface area contributed by atoms with E-state index in [1.54, 1.807) is 35.2 Å². The number of rotatable bonds is 8. The van der Waals surface area contributed by atoms with Crippen molar-refractivity contribution in [1.29, 1.82) is 0 Å². The average molecular weight is 448 g/mol.